The van der Waals surface area contributed by atoms with E-state index in [9.17, 15) is 9.59 Å². The monoisotopic (exact) mass is 610 g/mol. The van der Waals surface area contributed by atoms with Crippen molar-refractivity contribution in [1.29, 1.82) is 0 Å². The molecule has 0 aromatic heterocycles. The molecule has 0 aliphatic carbocycles. The molecule has 45 heavy (non-hydrogen) atoms. The first-order valence-electron chi connectivity index (χ1n) is 15.4. The van der Waals surface area contributed by atoms with E-state index in [1.54, 1.807) is 53.5 Å². The van der Waals surface area contributed by atoms with Crippen molar-refractivity contribution >= 4 is 35.6 Å². The molecule has 2 aromatic rings. The highest BCUT2D eigenvalue weighted by Gasteiger charge is 2.33. The number of hydrogen-bond acceptors (Lipinski definition) is 8. The Balaban J connectivity index is 1.04. The molecule has 0 radical (unpaired) electrons. The molecule has 2 atom stereocenters. The van der Waals surface area contributed by atoms with E-state index < -0.39 is 0 Å². The summed E-state index contributed by atoms with van der Waals surface area (Å²) in [5.41, 5.74) is 4.44. The van der Waals surface area contributed by atoms with Crippen molar-refractivity contribution in [2.24, 2.45) is 9.98 Å². The van der Waals surface area contributed by atoms with Gasteiger partial charge in [0.2, 0.25) is 0 Å². The number of aliphatic imine (C=N–C) groups is 2. The molecular formula is C35H38N4O6. The summed E-state index contributed by atoms with van der Waals surface area (Å²) in [4.78, 5) is 39.2. The zero-order valence-corrected chi connectivity index (χ0v) is 26.1. The summed E-state index contributed by atoms with van der Waals surface area (Å²) in [6.07, 6.45) is 14.8. The number of carbonyl (C=O) groups is 2. The van der Waals surface area contributed by atoms with Crippen LogP contribution < -0.4 is 18.9 Å². The van der Waals surface area contributed by atoms with E-state index >= 15 is 0 Å². The predicted molar refractivity (Wildman–Crippen MR) is 173 cm³/mol. The molecule has 0 fully saturated rings. The second kappa shape index (κ2) is 13.0. The summed E-state index contributed by atoms with van der Waals surface area (Å²) in [7, 11) is 1.57. The molecule has 4 heterocycles. The molecule has 0 spiro atoms. The molecule has 0 bridgehead atoms. The minimum Gasteiger partial charge on any atom is -0.493 e. The Morgan fingerprint density at radius 2 is 1.27 bits per heavy atom. The summed E-state index contributed by atoms with van der Waals surface area (Å²) in [6.45, 7) is 6.83. The second-order valence-electron chi connectivity index (χ2n) is 11.7. The van der Waals surface area contributed by atoms with Gasteiger partial charge in [0.05, 0.1) is 61.2 Å². The van der Waals surface area contributed by atoms with Crippen LogP contribution in [0.15, 0.2) is 70.1 Å². The van der Waals surface area contributed by atoms with Crippen molar-refractivity contribution in [3.05, 3.63) is 71.3 Å². The molecule has 234 valence electrons. The Hall–Kier alpha value is -4.86. The van der Waals surface area contributed by atoms with E-state index in [0.717, 1.165) is 43.3 Å². The third-order valence-corrected chi connectivity index (χ3v) is 8.18. The average Bonchev–Trinajstić information content (AvgIpc) is 3.55. The lowest BCUT2D eigenvalue weighted by Gasteiger charge is -2.19. The van der Waals surface area contributed by atoms with E-state index in [-0.39, 0.29) is 23.9 Å². The molecule has 2 aromatic carbocycles. The van der Waals surface area contributed by atoms with E-state index in [0.29, 0.717) is 58.7 Å². The Morgan fingerprint density at radius 1 is 0.756 bits per heavy atom. The van der Waals surface area contributed by atoms with Gasteiger partial charge in [-0.2, -0.15) is 0 Å². The van der Waals surface area contributed by atoms with E-state index in [2.05, 4.69) is 9.98 Å². The maximum absolute atomic E-state index is 13.3. The van der Waals surface area contributed by atoms with Crippen LogP contribution in [-0.4, -0.2) is 66.5 Å². The van der Waals surface area contributed by atoms with Gasteiger partial charge in [0, 0.05) is 37.0 Å². The van der Waals surface area contributed by atoms with Crippen molar-refractivity contribution in [3.8, 4) is 23.0 Å². The minimum absolute atomic E-state index is 0.0614. The summed E-state index contributed by atoms with van der Waals surface area (Å²) in [6, 6.07) is 6.86. The number of amides is 2. The molecule has 0 unspecified atom stereocenters. The van der Waals surface area contributed by atoms with Gasteiger partial charge < -0.3 is 28.7 Å². The first-order chi connectivity index (χ1) is 21.9. The largest absolute Gasteiger partial charge is 0.493 e. The van der Waals surface area contributed by atoms with Crippen LogP contribution >= 0.6 is 0 Å². The second-order valence-corrected chi connectivity index (χ2v) is 11.7. The van der Waals surface area contributed by atoms with Crippen molar-refractivity contribution in [1.82, 2.24) is 9.80 Å². The number of nitrogens with zero attached hydrogens (tertiary/aromatic N) is 4. The highest BCUT2D eigenvalue weighted by Crippen LogP contribution is 2.40. The summed E-state index contributed by atoms with van der Waals surface area (Å²) in [5.74, 6) is 1.89. The summed E-state index contributed by atoms with van der Waals surface area (Å²) in [5, 5.41) is 0. The van der Waals surface area contributed by atoms with Crippen LogP contribution in [0.3, 0.4) is 0 Å². The first-order valence-corrected chi connectivity index (χ1v) is 15.4. The van der Waals surface area contributed by atoms with Gasteiger partial charge in [0.15, 0.2) is 23.0 Å². The molecule has 0 N–H and O–H groups in total. The van der Waals surface area contributed by atoms with Crippen molar-refractivity contribution in [2.75, 3.05) is 20.3 Å². The number of benzene rings is 2. The fourth-order valence-corrected chi connectivity index (χ4v) is 5.92. The lowest BCUT2D eigenvalue weighted by Crippen LogP contribution is -2.32. The molecule has 4 aliphatic heterocycles. The summed E-state index contributed by atoms with van der Waals surface area (Å²) < 4.78 is 23.6. The maximum atomic E-state index is 13.3. The Bertz CT molecular complexity index is 1660. The Kier molecular flexibility index (Phi) is 8.73. The van der Waals surface area contributed by atoms with Gasteiger partial charge in [-0.1, -0.05) is 17.2 Å². The van der Waals surface area contributed by atoms with Gasteiger partial charge in [-0.3, -0.25) is 19.6 Å². The predicted octanol–water partition coefficient (Wildman–Crippen LogP) is 6.90. The number of unbranched alkanes of at least 4 members (excludes halogenated alkanes) is 2. The fraction of sp³-hybridized carbons (Fsp3) is 0.371. The number of hydrogen-bond donors (Lipinski definition) is 0. The van der Waals surface area contributed by atoms with Gasteiger partial charge in [-0.05, 0) is 65.0 Å². The fourth-order valence-electron chi connectivity index (χ4n) is 5.92. The highest BCUT2D eigenvalue weighted by atomic mass is 16.5. The molecular weight excluding hydrogens is 572 g/mol. The van der Waals surface area contributed by atoms with Crippen LogP contribution in [0.4, 0.5) is 11.4 Å². The topological polar surface area (TPSA) is 102 Å². The quantitative estimate of drug-likeness (QED) is 0.203. The zero-order valence-electron chi connectivity index (χ0n) is 26.1. The van der Waals surface area contributed by atoms with Gasteiger partial charge in [0.1, 0.15) is 0 Å². The van der Waals surface area contributed by atoms with Gasteiger partial charge in [0.25, 0.3) is 11.8 Å². The third kappa shape index (κ3) is 6.22. The molecule has 0 saturated carbocycles. The van der Waals surface area contributed by atoms with Gasteiger partial charge in [-0.15, -0.1) is 0 Å². The van der Waals surface area contributed by atoms with E-state index in [1.165, 1.54) is 0 Å². The molecule has 10 nitrogen and oxygen atoms in total. The van der Waals surface area contributed by atoms with Gasteiger partial charge >= 0.3 is 0 Å². The van der Waals surface area contributed by atoms with E-state index in [1.807, 2.05) is 45.6 Å². The average molecular weight is 611 g/mol. The highest BCUT2D eigenvalue weighted by molar-refractivity contribution is 6.05. The maximum Gasteiger partial charge on any atom is 0.260 e. The Morgan fingerprint density at radius 3 is 1.78 bits per heavy atom. The van der Waals surface area contributed by atoms with Crippen LogP contribution in [0.5, 0.6) is 23.0 Å². The van der Waals surface area contributed by atoms with Crippen molar-refractivity contribution in [2.45, 2.75) is 65.0 Å². The minimum atomic E-state index is -0.0988. The smallest absolute Gasteiger partial charge is 0.260 e. The number of fused-ring (bicyclic) bond motifs is 4. The lowest BCUT2D eigenvalue weighted by molar-refractivity contribution is 0.0809. The molecule has 4 aliphatic rings. The molecule has 2 amide bonds. The number of carbonyl (C=O) groups excluding carboxylic acids is 2. The lowest BCUT2D eigenvalue weighted by atomic mass is 10.1. The normalized spacial score (nSPS) is 19.8. The van der Waals surface area contributed by atoms with Crippen LogP contribution in [0.25, 0.3) is 0 Å². The standard InChI is InChI=1S/C35H38N4O6/c1-5-9-43-31-15-27-29(37-19-25-13-23(3)21-39(25)35(27)41)17-33(31)45-11-8-6-7-10-44-32-16-28-26(14-30(32)42-4)34(40)38-20-22(2)12-24(38)18-36-28/h5,9,14-21,24-25H,6-8,10-13H2,1-4H3/b9-5+/t24-,25-/m0/s1. The van der Waals surface area contributed by atoms with E-state index in [4.69, 9.17) is 18.9 Å². The first kappa shape index (κ1) is 30.2. The van der Waals surface area contributed by atoms with Crippen LogP contribution in [0.2, 0.25) is 0 Å². The molecule has 10 heteroatoms. The summed E-state index contributed by atoms with van der Waals surface area (Å²) >= 11 is 0. The van der Waals surface area contributed by atoms with Crippen molar-refractivity contribution < 1.29 is 28.5 Å². The number of allylic oxidation sites excluding steroid dienone is 1. The number of rotatable bonds is 11. The van der Waals surface area contributed by atoms with Gasteiger partial charge in [-0.25, -0.2) is 0 Å². The molecule has 0 saturated heterocycles. The zero-order chi connectivity index (χ0) is 31.5. The molecule has 6 rings (SSSR count). The van der Waals surface area contributed by atoms with Crippen LogP contribution in [0.1, 0.15) is 73.6 Å². The third-order valence-electron chi connectivity index (χ3n) is 8.18. The van der Waals surface area contributed by atoms with Crippen LogP contribution in [-0.2, 0) is 0 Å². The number of ether oxygens (including phenoxy) is 4. The Labute approximate surface area is 263 Å². The number of methoxy groups -OCH3 is 1. The van der Waals surface area contributed by atoms with Crippen molar-refractivity contribution in [3.63, 3.8) is 0 Å². The van der Waals surface area contributed by atoms with Crippen LogP contribution in [0, 0.1) is 0 Å². The SMILES string of the molecule is C/C=C/Oc1cc2c(cc1OCCCCCOc1cc3c(cc1OC)C(=O)N1C=C(C)C[C@H]1C=N3)N=C[C@@H]1CC(C)=CN1C2=O.